The molecule has 0 aromatic carbocycles. The third-order valence-corrected chi connectivity index (χ3v) is 2.10. The van der Waals surface area contributed by atoms with E-state index in [-0.39, 0.29) is 18.1 Å². The molecule has 2 N–H and O–H groups in total. The normalized spacial score (nSPS) is 11.2. The van der Waals surface area contributed by atoms with Crippen molar-refractivity contribution < 1.29 is 19.6 Å². The third-order valence-electron chi connectivity index (χ3n) is 2.10. The van der Waals surface area contributed by atoms with Crippen molar-refractivity contribution in [2.45, 2.75) is 12.5 Å². The average Bonchev–Trinajstić information content (AvgIpc) is 2.37. The minimum Gasteiger partial charge on any atom is -0.480 e. The molecule has 0 aliphatic heterocycles. The van der Waals surface area contributed by atoms with Crippen molar-refractivity contribution >= 4 is 17.5 Å². The van der Waals surface area contributed by atoms with Crippen LogP contribution < -0.4 is 10.1 Å². The number of hydrogen-bond donors (Lipinski definition) is 2. The molecule has 1 aromatic rings. The number of aliphatic carboxylic acids is 1. The summed E-state index contributed by atoms with van der Waals surface area (Å²) in [6, 6.07) is -1.19. The first kappa shape index (κ1) is 14.2. The first-order valence-corrected chi connectivity index (χ1v) is 4.97. The van der Waals surface area contributed by atoms with Crippen LogP contribution in [0.5, 0.6) is 5.88 Å². The molecule has 100 valence electrons. The smallest absolute Gasteiger partial charge is 0.372 e. The molecular formula is C10H10N4O5. The van der Waals surface area contributed by atoms with E-state index in [2.05, 4.69) is 21.2 Å². The van der Waals surface area contributed by atoms with Crippen LogP contribution in [0.4, 0.5) is 11.5 Å². The zero-order valence-corrected chi connectivity index (χ0v) is 9.86. The van der Waals surface area contributed by atoms with Crippen LogP contribution in [0.2, 0.25) is 0 Å². The number of carboxylic acids is 1. The molecule has 1 rings (SSSR count). The van der Waals surface area contributed by atoms with Gasteiger partial charge in [0.05, 0.1) is 12.0 Å². The lowest BCUT2D eigenvalue weighted by Gasteiger charge is -2.12. The van der Waals surface area contributed by atoms with Gasteiger partial charge >= 0.3 is 11.7 Å². The Bertz CT molecular complexity index is 539. The van der Waals surface area contributed by atoms with E-state index in [0.717, 1.165) is 6.33 Å². The predicted molar refractivity (Wildman–Crippen MR) is 63.7 cm³/mol. The van der Waals surface area contributed by atoms with Crippen LogP contribution in [0.1, 0.15) is 6.42 Å². The molecule has 19 heavy (non-hydrogen) atoms. The fraction of sp³-hybridized carbons (Fsp3) is 0.300. The largest absolute Gasteiger partial charge is 0.480 e. The Morgan fingerprint density at radius 2 is 2.42 bits per heavy atom. The van der Waals surface area contributed by atoms with E-state index in [4.69, 9.17) is 16.3 Å². The summed E-state index contributed by atoms with van der Waals surface area (Å²) in [4.78, 5) is 28.3. The van der Waals surface area contributed by atoms with E-state index < -0.39 is 22.6 Å². The Balaban J connectivity index is 3.16. The lowest BCUT2D eigenvalue weighted by molar-refractivity contribution is -0.385. The van der Waals surface area contributed by atoms with Crippen molar-refractivity contribution in [2.24, 2.45) is 0 Å². The molecule has 1 atom stereocenters. The molecular weight excluding hydrogens is 256 g/mol. The molecule has 1 heterocycles. The van der Waals surface area contributed by atoms with Crippen LogP contribution in [-0.4, -0.2) is 39.1 Å². The summed E-state index contributed by atoms with van der Waals surface area (Å²) in [6.07, 6.45) is 5.89. The van der Waals surface area contributed by atoms with Crippen LogP contribution in [-0.2, 0) is 4.79 Å². The van der Waals surface area contributed by atoms with Gasteiger partial charge in [0, 0.05) is 6.42 Å². The second kappa shape index (κ2) is 6.15. The zero-order chi connectivity index (χ0) is 14.4. The number of rotatable bonds is 6. The van der Waals surface area contributed by atoms with Crippen LogP contribution in [0.25, 0.3) is 0 Å². The van der Waals surface area contributed by atoms with Gasteiger partial charge in [-0.15, -0.1) is 12.3 Å². The van der Waals surface area contributed by atoms with Crippen molar-refractivity contribution in [1.82, 2.24) is 9.97 Å². The Morgan fingerprint density at radius 1 is 1.74 bits per heavy atom. The summed E-state index contributed by atoms with van der Waals surface area (Å²) in [5, 5.41) is 22.2. The Morgan fingerprint density at radius 3 is 2.89 bits per heavy atom. The van der Waals surface area contributed by atoms with E-state index in [1.165, 1.54) is 7.11 Å². The molecule has 0 amide bonds. The molecule has 1 unspecified atom stereocenters. The Labute approximate surface area is 107 Å². The first-order valence-electron chi connectivity index (χ1n) is 4.97. The second-order valence-electron chi connectivity index (χ2n) is 3.28. The van der Waals surface area contributed by atoms with Gasteiger partial charge in [-0.3, -0.25) is 10.1 Å². The standard InChI is InChI=1S/C10H10N4O5/c1-3-4-6(10(15)16)13-8-7(14(17)18)9(19-2)12-5-11-8/h1,5-6H,4H2,2H3,(H,15,16)(H,11,12,13). The Kier molecular flexibility index (Phi) is 4.59. The fourth-order valence-corrected chi connectivity index (χ4v) is 1.27. The minimum atomic E-state index is -1.25. The van der Waals surface area contributed by atoms with Gasteiger partial charge in [0.1, 0.15) is 12.4 Å². The molecule has 0 aliphatic rings. The molecule has 0 spiro atoms. The SMILES string of the molecule is C#CCC(Nc1ncnc(OC)c1[N+](=O)[O-])C(=O)O. The van der Waals surface area contributed by atoms with Gasteiger partial charge in [-0.2, -0.15) is 4.98 Å². The number of ether oxygens (including phenoxy) is 1. The quantitative estimate of drug-likeness (QED) is 0.427. The van der Waals surface area contributed by atoms with Gasteiger partial charge in [-0.05, 0) is 0 Å². The number of terminal acetylenes is 1. The third kappa shape index (κ3) is 3.29. The van der Waals surface area contributed by atoms with E-state index >= 15 is 0 Å². The van der Waals surface area contributed by atoms with E-state index in [1.807, 2.05) is 0 Å². The van der Waals surface area contributed by atoms with E-state index in [1.54, 1.807) is 0 Å². The lowest BCUT2D eigenvalue weighted by Crippen LogP contribution is -2.29. The molecule has 9 heteroatoms. The average molecular weight is 266 g/mol. The number of hydrogen-bond acceptors (Lipinski definition) is 7. The number of nitro groups is 1. The maximum Gasteiger partial charge on any atom is 0.372 e. The molecule has 0 saturated carbocycles. The van der Waals surface area contributed by atoms with Crippen molar-refractivity contribution in [1.29, 1.82) is 0 Å². The monoisotopic (exact) mass is 266 g/mol. The van der Waals surface area contributed by atoms with Crippen molar-refractivity contribution in [3.8, 4) is 18.2 Å². The highest BCUT2D eigenvalue weighted by molar-refractivity contribution is 5.78. The van der Waals surface area contributed by atoms with Crippen LogP contribution in [0.3, 0.4) is 0 Å². The molecule has 0 fully saturated rings. The Hall–Kier alpha value is -2.89. The summed E-state index contributed by atoms with van der Waals surface area (Å²) < 4.78 is 4.73. The number of anilines is 1. The topological polar surface area (TPSA) is 127 Å². The summed E-state index contributed by atoms with van der Waals surface area (Å²) in [6.45, 7) is 0. The fourth-order valence-electron chi connectivity index (χ4n) is 1.27. The van der Waals surface area contributed by atoms with Gasteiger partial charge in [0.25, 0.3) is 5.88 Å². The molecule has 0 saturated heterocycles. The van der Waals surface area contributed by atoms with Crippen LogP contribution in [0, 0.1) is 22.5 Å². The molecule has 1 aromatic heterocycles. The van der Waals surface area contributed by atoms with E-state index in [9.17, 15) is 14.9 Å². The van der Waals surface area contributed by atoms with Gasteiger partial charge in [-0.1, -0.05) is 0 Å². The van der Waals surface area contributed by atoms with Crippen molar-refractivity contribution in [2.75, 3.05) is 12.4 Å². The van der Waals surface area contributed by atoms with Gasteiger partial charge in [-0.25, -0.2) is 9.78 Å². The number of nitrogens with zero attached hydrogens (tertiary/aromatic N) is 3. The maximum absolute atomic E-state index is 10.9. The number of methoxy groups -OCH3 is 1. The van der Waals surface area contributed by atoms with Crippen molar-refractivity contribution in [3.05, 3.63) is 16.4 Å². The highest BCUT2D eigenvalue weighted by Gasteiger charge is 2.27. The summed E-state index contributed by atoms with van der Waals surface area (Å²) in [5.41, 5.74) is -0.548. The van der Waals surface area contributed by atoms with Crippen molar-refractivity contribution in [3.63, 3.8) is 0 Å². The highest BCUT2D eigenvalue weighted by Crippen LogP contribution is 2.30. The van der Waals surface area contributed by atoms with Crippen LogP contribution in [0.15, 0.2) is 6.33 Å². The summed E-state index contributed by atoms with van der Waals surface area (Å²) in [7, 11) is 1.20. The van der Waals surface area contributed by atoms with Gasteiger partial charge < -0.3 is 15.2 Å². The lowest BCUT2D eigenvalue weighted by atomic mass is 10.2. The molecule has 9 nitrogen and oxygen atoms in total. The molecule has 0 aliphatic carbocycles. The van der Waals surface area contributed by atoms with Gasteiger partial charge in [0.2, 0.25) is 5.82 Å². The summed E-state index contributed by atoms with van der Waals surface area (Å²) >= 11 is 0. The maximum atomic E-state index is 10.9. The number of carboxylic acid groups (broad SMARTS) is 1. The molecule has 0 bridgehead atoms. The zero-order valence-electron chi connectivity index (χ0n) is 9.86. The number of aromatic nitrogens is 2. The molecule has 0 radical (unpaired) electrons. The first-order chi connectivity index (χ1) is 9.01. The predicted octanol–water partition coefficient (Wildman–Crippen LogP) is 0.282. The minimum absolute atomic E-state index is 0.154. The summed E-state index contributed by atoms with van der Waals surface area (Å²) in [5.74, 6) is 0.378. The van der Waals surface area contributed by atoms with Gasteiger partial charge in [0.15, 0.2) is 0 Å². The number of carbonyl (C=O) groups is 1. The number of nitrogens with one attached hydrogen (secondary N) is 1. The van der Waals surface area contributed by atoms with E-state index in [0.29, 0.717) is 0 Å². The highest BCUT2D eigenvalue weighted by atomic mass is 16.6. The second-order valence-corrected chi connectivity index (χ2v) is 3.28. The van der Waals surface area contributed by atoms with Crippen LogP contribution >= 0.6 is 0 Å².